The van der Waals surface area contributed by atoms with E-state index in [0.717, 1.165) is 32.7 Å². The van der Waals surface area contributed by atoms with Crippen LogP contribution in [0.15, 0.2) is 95.4 Å². The quantitative estimate of drug-likeness (QED) is 0.194. The van der Waals surface area contributed by atoms with Crippen LogP contribution in [0.4, 0.5) is 10.1 Å². The van der Waals surface area contributed by atoms with Gasteiger partial charge in [0.15, 0.2) is 0 Å². The average molecular weight is 598 g/mol. The Kier molecular flexibility index (Phi) is 7.25. The molecule has 0 atom stereocenters. The molecule has 0 spiro atoms. The number of carbonyl (C=O) groups excluding carboxylic acids is 1. The predicted octanol–water partition coefficient (Wildman–Crippen LogP) is 6.17. The number of fused-ring (bicyclic) bond motifs is 2. The summed E-state index contributed by atoms with van der Waals surface area (Å²) in [5.74, 6) is -0.634. The van der Waals surface area contributed by atoms with Crippen LogP contribution in [-0.4, -0.2) is 50.9 Å². The van der Waals surface area contributed by atoms with E-state index in [2.05, 4.69) is 10.3 Å². The molecule has 0 saturated carbocycles. The lowest BCUT2D eigenvalue weighted by Crippen LogP contribution is -2.33. The second-order valence-electron chi connectivity index (χ2n) is 10.2. The average Bonchev–Trinajstić information content (AvgIpc) is 3.60. The summed E-state index contributed by atoms with van der Waals surface area (Å²) in [6.45, 7) is -0.602. The molecule has 2 heterocycles. The molecule has 4 aromatic carbocycles. The SMILES string of the molecule is CNC(=O)c1c(-c2ccc(F)cc2)oc2cc(N(CCO)S(C)(=O)=O)c(-c3cccc(-c4cc5ccccc5[nH]4)c3)cc12. The van der Waals surface area contributed by atoms with Crippen LogP contribution in [0.1, 0.15) is 10.4 Å². The summed E-state index contributed by atoms with van der Waals surface area (Å²) in [6.07, 6.45) is 1.07. The van der Waals surface area contributed by atoms with E-state index in [9.17, 15) is 22.7 Å². The molecule has 0 fully saturated rings. The zero-order valence-electron chi connectivity index (χ0n) is 23.4. The number of furan rings is 1. The fourth-order valence-corrected chi connectivity index (χ4v) is 6.29. The molecule has 0 aliphatic rings. The zero-order chi connectivity index (χ0) is 30.3. The summed E-state index contributed by atoms with van der Waals surface area (Å²) < 4.78 is 47.0. The van der Waals surface area contributed by atoms with Crippen molar-refractivity contribution >= 4 is 43.5 Å². The number of hydrogen-bond donors (Lipinski definition) is 3. The first-order chi connectivity index (χ1) is 20.7. The molecule has 2 aromatic heterocycles. The van der Waals surface area contributed by atoms with Gasteiger partial charge in [0.25, 0.3) is 5.91 Å². The zero-order valence-corrected chi connectivity index (χ0v) is 24.2. The highest BCUT2D eigenvalue weighted by atomic mass is 32.2. The summed E-state index contributed by atoms with van der Waals surface area (Å²) in [6, 6.07) is 26.5. The van der Waals surface area contributed by atoms with Crippen LogP contribution < -0.4 is 9.62 Å². The third kappa shape index (κ3) is 5.26. The van der Waals surface area contributed by atoms with E-state index in [1.54, 1.807) is 12.1 Å². The van der Waals surface area contributed by atoms with Crippen LogP contribution in [0, 0.1) is 5.82 Å². The smallest absolute Gasteiger partial charge is 0.255 e. The molecule has 1 amide bonds. The number of carbonyl (C=O) groups is 1. The number of nitrogens with zero attached hydrogens (tertiary/aromatic N) is 1. The van der Waals surface area contributed by atoms with Crippen LogP contribution in [0.3, 0.4) is 0 Å². The molecule has 0 radical (unpaired) electrons. The van der Waals surface area contributed by atoms with Crippen molar-refractivity contribution in [3.8, 4) is 33.7 Å². The fourth-order valence-electron chi connectivity index (χ4n) is 5.36. The molecule has 0 aliphatic carbocycles. The molecular formula is C33H28FN3O5S. The minimum atomic E-state index is -3.84. The maximum Gasteiger partial charge on any atom is 0.255 e. The fraction of sp³-hybridized carbons (Fsp3) is 0.121. The van der Waals surface area contributed by atoms with Gasteiger partial charge in [0.2, 0.25) is 10.0 Å². The number of H-pyrrole nitrogens is 1. The van der Waals surface area contributed by atoms with E-state index >= 15 is 0 Å². The van der Waals surface area contributed by atoms with E-state index in [-0.39, 0.29) is 29.1 Å². The van der Waals surface area contributed by atoms with Crippen LogP contribution in [0.2, 0.25) is 0 Å². The van der Waals surface area contributed by atoms with E-state index in [4.69, 9.17) is 4.42 Å². The van der Waals surface area contributed by atoms with Gasteiger partial charge in [0.1, 0.15) is 17.2 Å². The summed E-state index contributed by atoms with van der Waals surface area (Å²) >= 11 is 0. The molecule has 218 valence electrons. The van der Waals surface area contributed by atoms with E-state index < -0.39 is 28.4 Å². The summed E-state index contributed by atoms with van der Waals surface area (Å²) in [5, 5.41) is 14.0. The van der Waals surface area contributed by atoms with Crippen LogP contribution >= 0.6 is 0 Å². The standard InChI is InChI=1S/C33H28FN3O5S/c1-35-33(39)31-26-18-25(21-7-5-8-22(16-21)28-17-23-6-3-4-9-27(23)36-28)29(37(14-15-38)43(2,40)41)19-30(26)42-32(31)20-10-12-24(34)13-11-20/h3-13,16-19,36,38H,14-15H2,1-2H3,(H,35,39). The number of aromatic amines is 1. The Morgan fingerprint density at radius 1 is 0.953 bits per heavy atom. The minimum absolute atomic E-state index is 0.188. The Morgan fingerprint density at radius 3 is 2.40 bits per heavy atom. The highest BCUT2D eigenvalue weighted by molar-refractivity contribution is 7.92. The number of benzene rings is 4. The Hall–Kier alpha value is -4.93. The number of anilines is 1. The van der Waals surface area contributed by atoms with Crippen LogP contribution in [-0.2, 0) is 10.0 Å². The number of rotatable bonds is 8. The number of aliphatic hydroxyl groups is 1. The first-order valence-electron chi connectivity index (χ1n) is 13.5. The number of nitrogens with one attached hydrogen (secondary N) is 2. The van der Waals surface area contributed by atoms with Crippen molar-refractivity contribution in [3.63, 3.8) is 0 Å². The lowest BCUT2D eigenvalue weighted by Gasteiger charge is -2.24. The van der Waals surface area contributed by atoms with Crippen LogP contribution in [0.5, 0.6) is 0 Å². The van der Waals surface area contributed by atoms with Gasteiger partial charge in [-0.05, 0) is 59.7 Å². The number of sulfonamides is 1. The van der Waals surface area contributed by atoms with Gasteiger partial charge in [-0.2, -0.15) is 0 Å². The number of para-hydroxylation sites is 1. The molecule has 0 aliphatic heterocycles. The first kappa shape index (κ1) is 28.2. The highest BCUT2D eigenvalue weighted by Gasteiger charge is 2.27. The molecule has 8 nitrogen and oxygen atoms in total. The van der Waals surface area contributed by atoms with Gasteiger partial charge in [-0.25, -0.2) is 12.8 Å². The van der Waals surface area contributed by atoms with E-state index in [1.165, 1.54) is 31.3 Å². The molecule has 3 N–H and O–H groups in total. The van der Waals surface area contributed by atoms with E-state index in [0.29, 0.717) is 22.1 Å². The van der Waals surface area contributed by atoms with Crippen molar-refractivity contribution in [2.75, 3.05) is 30.8 Å². The molecular weight excluding hydrogens is 569 g/mol. The number of aliphatic hydroxyl groups excluding tert-OH is 1. The predicted molar refractivity (Wildman–Crippen MR) is 167 cm³/mol. The van der Waals surface area contributed by atoms with Gasteiger partial charge < -0.3 is 19.8 Å². The maximum atomic E-state index is 13.7. The third-order valence-corrected chi connectivity index (χ3v) is 8.53. The molecule has 6 rings (SSSR count). The van der Waals surface area contributed by atoms with Gasteiger partial charge in [0.05, 0.1) is 30.7 Å². The molecule has 6 aromatic rings. The largest absolute Gasteiger partial charge is 0.455 e. The summed E-state index contributed by atoms with van der Waals surface area (Å²) in [7, 11) is -2.33. The second kappa shape index (κ2) is 11.0. The normalized spacial score (nSPS) is 11.7. The molecule has 0 unspecified atom stereocenters. The molecule has 43 heavy (non-hydrogen) atoms. The highest BCUT2D eigenvalue weighted by Crippen LogP contribution is 2.42. The number of aromatic nitrogens is 1. The van der Waals surface area contributed by atoms with Crippen molar-refractivity contribution in [2.45, 2.75) is 0 Å². The van der Waals surface area contributed by atoms with Crippen LogP contribution in [0.25, 0.3) is 55.6 Å². The Balaban J connectivity index is 1.63. The monoisotopic (exact) mass is 597 g/mol. The number of amides is 1. The Bertz CT molecular complexity index is 2070. The van der Waals surface area contributed by atoms with E-state index in [1.807, 2.05) is 54.6 Å². The number of hydrogen-bond acceptors (Lipinski definition) is 5. The van der Waals surface area contributed by atoms with Crippen molar-refractivity contribution < 1.29 is 27.1 Å². The van der Waals surface area contributed by atoms with Crippen molar-refractivity contribution in [3.05, 3.63) is 102 Å². The van der Waals surface area contributed by atoms with Crippen molar-refractivity contribution in [2.24, 2.45) is 0 Å². The van der Waals surface area contributed by atoms with Gasteiger partial charge in [-0.3, -0.25) is 9.10 Å². The maximum absolute atomic E-state index is 13.7. The Labute approximate surface area is 247 Å². The molecule has 10 heteroatoms. The minimum Gasteiger partial charge on any atom is -0.455 e. The van der Waals surface area contributed by atoms with Gasteiger partial charge >= 0.3 is 0 Å². The summed E-state index contributed by atoms with van der Waals surface area (Å²) in [4.78, 5) is 16.6. The van der Waals surface area contributed by atoms with Crippen molar-refractivity contribution in [1.82, 2.24) is 10.3 Å². The van der Waals surface area contributed by atoms with Gasteiger partial charge in [-0.1, -0.05) is 36.4 Å². The second-order valence-corrected chi connectivity index (χ2v) is 12.1. The lowest BCUT2D eigenvalue weighted by atomic mass is 9.96. The third-order valence-electron chi connectivity index (χ3n) is 7.35. The van der Waals surface area contributed by atoms with Gasteiger partial charge in [0, 0.05) is 46.2 Å². The topological polar surface area (TPSA) is 116 Å². The Morgan fingerprint density at radius 2 is 1.70 bits per heavy atom. The van der Waals surface area contributed by atoms with Crippen molar-refractivity contribution in [1.29, 1.82) is 0 Å². The first-order valence-corrected chi connectivity index (χ1v) is 15.4. The summed E-state index contributed by atoms with van der Waals surface area (Å²) in [5.41, 5.74) is 5.20. The lowest BCUT2D eigenvalue weighted by molar-refractivity contribution is 0.0964. The molecule has 0 bridgehead atoms. The van der Waals surface area contributed by atoms with Gasteiger partial charge in [-0.15, -0.1) is 0 Å². The molecule has 0 saturated heterocycles. The number of halogens is 1.